The van der Waals surface area contributed by atoms with E-state index in [-0.39, 0.29) is 40.4 Å². The molecule has 0 unspecified atom stereocenters. The largest absolute Gasteiger partial charge is 0.438 e. The fourth-order valence-corrected chi connectivity index (χ4v) is 12.4. The molecule has 5 aromatic heterocycles. The topological polar surface area (TPSA) is 156 Å². The van der Waals surface area contributed by atoms with Gasteiger partial charge in [-0.25, -0.2) is 23.1 Å². The Kier molecular flexibility index (Phi) is 8.49. The Morgan fingerprint density at radius 1 is 0.925 bits per heavy atom. The zero-order valence-electron chi connectivity index (χ0n) is 37.6. The van der Waals surface area contributed by atoms with Crippen LogP contribution in [0.1, 0.15) is 115 Å². The molecule has 2 aliphatic carbocycles. The summed E-state index contributed by atoms with van der Waals surface area (Å²) >= 11 is 0. The first-order valence-electron chi connectivity index (χ1n) is 23.3. The number of H-pyrrole nitrogens is 1. The van der Waals surface area contributed by atoms with Gasteiger partial charge in [-0.3, -0.25) is 28.1 Å². The third-order valence-corrected chi connectivity index (χ3v) is 16.0. The lowest BCUT2D eigenvalue weighted by molar-refractivity contribution is -0.133. The van der Waals surface area contributed by atoms with Gasteiger partial charge in [0.25, 0.3) is 5.91 Å². The van der Waals surface area contributed by atoms with Gasteiger partial charge < -0.3 is 14.2 Å². The van der Waals surface area contributed by atoms with Crippen LogP contribution >= 0.6 is 0 Å². The first-order chi connectivity index (χ1) is 32.3. The van der Waals surface area contributed by atoms with Crippen LogP contribution in [0.25, 0.3) is 39.0 Å². The van der Waals surface area contributed by atoms with Crippen LogP contribution in [-0.4, -0.2) is 72.5 Å². The lowest BCUT2D eigenvalue weighted by atomic mass is 9.70. The molecular weight excluding hydrogens is 859 g/mol. The number of fused-ring (bicyclic) bond motifs is 6. The number of imidazole rings is 1. The van der Waals surface area contributed by atoms with E-state index < -0.39 is 28.8 Å². The molecule has 3 aliphatic heterocycles. The molecule has 67 heavy (non-hydrogen) atoms. The zero-order chi connectivity index (χ0) is 45.8. The van der Waals surface area contributed by atoms with Gasteiger partial charge in [-0.1, -0.05) is 18.1 Å². The highest BCUT2D eigenvalue weighted by molar-refractivity contribution is 6.00. The number of hydrogen-bond acceptors (Lipinski definition) is 8. The Labute approximate surface area is 381 Å². The van der Waals surface area contributed by atoms with Crippen LogP contribution in [-0.2, 0) is 23.7 Å². The highest BCUT2D eigenvalue weighted by Gasteiger charge is 2.60. The molecule has 13 rings (SSSR count). The predicted octanol–water partition coefficient (Wildman–Crippen LogP) is 7.73. The van der Waals surface area contributed by atoms with E-state index in [2.05, 4.69) is 44.9 Å². The molecule has 4 fully saturated rings. The van der Waals surface area contributed by atoms with Crippen molar-refractivity contribution in [3.63, 3.8) is 0 Å². The number of rotatable bonds is 7. The fourth-order valence-electron chi connectivity index (χ4n) is 12.4. The maximum atomic E-state index is 16.2. The molecule has 8 heterocycles. The minimum atomic E-state index is -0.840. The SMILES string of the molecule is Cc1cc(-n2nc3c(c2-n2ccn(-c4ccc5c(cnn5C)c4F)c2=O)[C@@H]2CC[C@H](C3)N2C(=O)c2cc3cc([C@H]4CCOC5(CCC5)C4)ccc3n2[C@@]2(c3noc(=O)[nH]3)C[C@@H]2C)cc(C)c1F. The molecule has 1 amide bonds. The summed E-state index contributed by atoms with van der Waals surface area (Å²) in [6.45, 7) is 6.19. The molecule has 15 nitrogen and oxygen atoms in total. The highest BCUT2D eigenvalue weighted by Crippen LogP contribution is 2.57. The molecule has 1 spiro atoms. The first-order valence-corrected chi connectivity index (χ1v) is 23.3. The van der Waals surface area contributed by atoms with Crippen LogP contribution in [0.4, 0.5) is 8.78 Å². The summed E-state index contributed by atoms with van der Waals surface area (Å²) < 4.78 is 50.8. The second-order valence-corrected chi connectivity index (χ2v) is 19.8. The van der Waals surface area contributed by atoms with Crippen molar-refractivity contribution in [2.45, 2.75) is 108 Å². The molecule has 0 radical (unpaired) electrons. The molecule has 8 aromatic rings. The Bertz CT molecular complexity index is 3500. The maximum absolute atomic E-state index is 16.2. The number of amides is 1. The summed E-state index contributed by atoms with van der Waals surface area (Å²) in [5.41, 5.74) is 4.56. The number of nitrogens with zero attached hydrogens (tertiary/aromatic N) is 9. The normalized spacial score (nSPS) is 23.9. The molecule has 17 heteroatoms. The summed E-state index contributed by atoms with van der Waals surface area (Å²) in [5.74, 6) is -0.662. The number of aryl methyl sites for hydroxylation is 3. The zero-order valence-corrected chi connectivity index (χ0v) is 37.6. The van der Waals surface area contributed by atoms with Crippen LogP contribution < -0.4 is 11.4 Å². The third kappa shape index (κ3) is 5.69. The lowest BCUT2D eigenvalue weighted by Crippen LogP contribution is -2.44. The number of aromatic amines is 1. The maximum Gasteiger partial charge on any atom is 0.438 e. The monoisotopic (exact) mass is 906 g/mol. The molecule has 5 atom stereocenters. The van der Waals surface area contributed by atoms with E-state index in [1.54, 1.807) is 60.7 Å². The minimum absolute atomic E-state index is 0.0146. The average Bonchev–Trinajstić information content (AvgIpc) is 4.02. The van der Waals surface area contributed by atoms with Crippen molar-refractivity contribution in [2.75, 3.05) is 6.61 Å². The molecule has 1 N–H and O–H groups in total. The molecule has 3 aromatic carbocycles. The smallest absolute Gasteiger partial charge is 0.375 e. The first kappa shape index (κ1) is 40.4. The second kappa shape index (κ2) is 14.1. The third-order valence-electron chi connectivity index (χ3n) is 16.0. The predicted molar refractivity (Wildman–Crippen MR) is 242 cm³/mol. The van der Waals surface area contributed by atoms with Gasteiger partial charge in [0.05, 0.1) is 45.8 Å². The number of ether oxygens (including phenoxy) is 1. The van der Waals surface area contributed by atoms with Gasteiger partial charge in [0.15, 0.2) is 11.6 Å². The Morgan fingerprint density at radius 3 is 2.43 bits per heavy atom. The van der Waals surface area contributed by atoms with Crippen molar-refractivity contribution in [2.24, 2.45) is 13.0 Å². The molecule has 342 valence electrons. The Morgan fingerprint density at radius 2 is 1.70 bits per heavy atom. The number of halogens is 2. The lowest BCUT2D eigenvalue weighted by Gasteiger charge is -2.47. The van der Waals surface area contributed by atoms with E-state index in [1.807, 2.05) is 11.0 Å². The van der Waals surface area contributed by atoms with Gasteiger partial charge in [-0.05, 0) is 136 Å². The summed E-state index contributed by atoms with van der Waals surface area (Å²) in [5, 5.41) is 14.8. The van der Waals surface area contributed by atoms with Gasteiger partial charge in [-0.2, -0.15) is 10.2 Å². The van der Waals surface area contributed by atoms with E-state index in [0.29, 0.717) is 76.8 Å². The standard InChI is InChI=1S/C50H48F2N10O5/c1-26-18-33(19-27(2)42(26)51)62-44(59-16-15-58(48(59)65)39-11-10-37-34(43(39)52)25-53-57(37)4)41-35(55-62)22-32-7-9-38(41)60(32)45(63)40-21-31-20-29(30-12-17-66-49(24-30)13-5-14-49)6-8-36(31)61(40)50(23-28(50)3)46-54-47(64)67-56-46/h6,8,10-11,15-16,18-21,25,28,30,32,38H,5,7,9,12-14,17,22-24H2,1-4H3,(H,54,56,64)/t28-,30-,32+,38-,50-/m0/s1. The quantitative estimate of drug-likeness (QED) is 0.170. The Balaban J connectivity index is 0.964. The van der Waals surface area contributed by atoms with E-state index in [0.717, 1.165) is 48.9 Å². The van der Waals surface area contributed by atoms with Crippen LogP contribution in [0, 0.1) is 31.4 Å². The second-order valence-electron chi connectivity index (χ2n) is 19.8. The fraction of sp³-hybridized carbons (Fsp3) is 0.400. The number of nitrogens with one attached hydrogen (secondary N) is 1. The molecule has 2 saturated heterocycles. The van der Waals surface area contributed by atoms with Crippen molar-refractivity contribution in [3.8, 4) is 17.2 Å². The number of carbonyl (C=O) groups is 1. The van der Waals surface area contributed by atoms with Crippen molar-refractivity contribution in [3.05, 3.63) is 139 Å². The Hall–Kier alpha value is -6.88. The summed E-state index contributed by atoms with van der Waals surface area (Å²) in [6, 6.07) is 14.5. The van der Waals surface area contributed by atoms with Crippen molar-refractivity contribution >= 4 is 27.7 Å². The van der Waals surface area contributed by atoms with Crippen molar-refractivity contribution < 1.29 is 22.8 Å². The number of benzene rings is 3. The number of hydrogen-bond donors (Lipinski definition) is 1. The number of aromatic nitrogens is 9. The van der Waals surface area contributed by atoms with E-state index >= 15 is 13.6 Å². The molecule has 5 aliphatic rings. The van der Waals surface area contributed by atoms with Gasteiger partial charge >= 0.3 is 11.4 Å². The van der Waals surface area contributed by atoms with Gasteiger partial charge in [-0.15, -0.1) is 0 Å². The van der Waals surface area contributed by atoms with Gasteiger partial charge in [0.2, 0.25) is 0 Å². The van der Waals surface area contributed by atoms with E-state index in [1.165, 1.54) is 33.5 Å². The number of carbonyl (C=O) groups excluding carboxylic acids is 1. The van der Waals surface area contributed by atoms with E-state index in [9.17, 15) is 9.59 Å². The summed E-state index contributed by atoms with van der Waals surface area (Å²) in [7, 11) is 1.73. The van der Waals surface area contributed by atoms with E-state index in [4.69, 9.17) is 14.4 Å². The van der Waals surface area contributed by atoms with Gasteiger partial charge in [0.1, 0.15) is 22.9 Å². The molecule has 2 bridgehead atoms. The van der Waals surface area contributed by atoms with Crippen LogP contribution in [0.2, 0.25) is 0 Å². The van der Waals surface area contributed by atoms with Crippen LogP contribution in [0.15, 0.2) is 81.2 Å². The van der Waals surface area contributed by atoms with Crippen molar-refractivity contribution in [1.82, 2.24) is 48.3 Å². The minimum Gasteiger partial charge on any atom is -0.375 e. The molecular formula is C50H48F2N10O5. The van der Waals surface area contributed by atoms with Crippen LogP contribution in [0.5, 0.6) is 0 Å². The summed E-state index contributed by atoms with van der Waals surface area (Å²) in [6.07, 6.45) is 12.1. The average molecular weight is 907 g/mol. The van der Waals surface area contributed by atoms with Crippen molar-refractivity contribution in [1.29, 1.82) is 0 Å². The highest BCUT2D eigenvalue weighted by atomic mass is 19.1. The summed E-state index contributed by atoms with van der Waals surface area (Å²) in [4.78, 5) is 47.9. The van der Waals surface area contributed by atoms with Crippen LogP contribution in [0.3, 0.4) is 0 Å². The van der Waals surface area contributed by atoms with Gasteiger partial charge in [0, 0.05) is 55.0 Å². The molecule has 2 saturated carbocycles.